The van der Waals surface area contributed by atoms with Crippen LogP contribution in [-0.4, -0.2) is 7.28 Å². The predicted molar refractivity (Wildman–Crippen MR) is 140 cm³/mol. The summed E-state index contributed by atoms with van der Waals surface area (Å²) >= 11 is 6.75. The molecule has 3 aromatic carbocycles. The van der Waals surface area contributed by atoms with Crippen LogP contribution >= 0.6 is 11.6 Å². The van der Waals surface area contributed by atoms with Crippen molar-refractivity contribution < 1.29 is 0 Å². The molecule has 0 amide bonds. The summed E-state index contributed by atoms with van der Waals surface area (Å²) in [6.07, 6.45) is 10.8. The standard InChI is InChI=1S/C31H29BCl/c33-24-7-8-26-28(16-24)31(22-11-18-10-19(13-22)14-23(31)12-18)30-25-6-2-1-4-20(25)15-27(29(26)30)21-5-3-9-32-17-21/h1-2,4,6-8,15-19,22-23H,3,5,9-14H2. The largest absolute Gasteiger partial charge is 0.141 e. The van der Waals surface area contributed by atoms with E-state index in [0.29, 0.717) is 0 Å². The van der Waals surface area contributed by atoms with Crippen molar-refractivity contribution >= 4 is 35.2 Å². The van der Waals surface area contributed by atoms with E-state index >= 15 is 0 Å². The van der Waals surface area contributed by atoms with E-state index in [1.54, 1.807) is 16.7 Å². The van der Waals surface area contributed by atoms with E-state index in [2.05, 4.69) is 61.8 Å². The molecule has 1 radical (unpaired) electrons. The first-order valence-corrected chi connectivity index (χ1v) is 13.5. The van der Waals surface area contributed by atoms with E-state index in [4.69, 9.17) is 11.6 Å². The maximum Gasteiger partial charge on any atom is 0.141 e. The monoisotopic (exact) mass is 447 g/mol. The molecule has 163 valence electrons. The number of hydrogen-bond acceptors (Lipinski definition) is 0. The van der Waals surface area contributed by atoms with Gasteiger partial charge in [-0.05, 0) is 119 Å². The number of allylic oxidation sites excluding steroid dienone is 1. The molecule has 33 heavy (non-hydrogen) atoms. The van der Waals surface area contributed by atoms with Crippen LogP contribution in [0, 0.1) is 23.7 Å². The van der Waals surface area contributed by atoms with Crippen LogP contribution in [0.2, 0.25) is 11.3 Å². The minimum absolute atomic E-state index is 0.150. The molecule has 4 saturated carbocycles. The Morgan fingerprint density at radius 3 is 2.39 bits per heavy atom. The Kier molecular flexibility index (Phi) is 3.98. The summed E-state index contributed by atoms with van der Waals surface area (Å²) in [5.41, 5.74) is 9.45. The molecule has 6 aliphatic rings. The lowest BCUT2D eigenvalue weighted by Gasteiger charge is -2.61. The summed E-state index contributed by atoms with van der Waals surface area (Å²) in [6, 6.07) is 18.6. The quantitative estimate of drug-likeness (QED) is 0.328. The van der Waals surface area contributed by atoms with Gasteiger partial charge in [0.05, 0.1) is 0 Å². The molecule has 0 saturated heterocycles. The SMILES string of the molecule is Clc1ccc2c(c1)C1(c3c-2c(C2=C[B]CCC2)cc2ccccc32)C2CC3CC(C2)CC1C3. The van der Waals surface area contributed by atoms with Crippen LogP contribution in [0.4, 0.5) is 0 Å². The second-order valence-electron chi connectivity index (χ2n) is 11.6. The van der Waals surface area contributed by atoms with Gasteiger partial charge in [-0.15, -0.1) is 5.98 Å². The van der Waals surface area contributed by atoms with Crippen LogP contribution < -0.4 is 0 Å². The summed E-state index contributed by atoms with van der Waals surface area (Å²) in [6.45, 7) is 0. The molecule has 4 bridgehead atoms. The van der Waals surface area contributed by atoms with Crippen molar-refractivity contribution in [3.05, 3.63) is 76.2 Å². The van der Waals surface area contributed by atoms with Crippen LogP contribution in [0.15, 0.2) is 54.5 Å². The summed E-state index contributed by atoms with van der Waals surface area (Å²) in [7, 11) is 2.39. The van der Waals surface area contributed by atoms with E-state index in [9.17, 15) is 0 Å². The van der Waals surface area contributed by atoms with Crippen molar-refractivity contribution in [2.75, 3.05) is 0 Å². The highest BCUT2D eigenvalue weighted by Gasteiger charge is 2.62. The average Bonchev–Trinajstić information content (AvgIpc) is 3.13. The molecule has 4 fully saturated rings. The lowest BCUT2D eigenvalue weighted by atomic mass is 9.43. The molecule has 0 unspecified atom stereocenters. The molecule has 0 N–H and O–H groups in total. The van der Waals surface area contributed by atoms with Gasteiger partial charge in [-0.3, -0.25) is 0 Å². The zero-order chi connectivity index (χ0) is 21.7. The van der Waals surface area contributed by atoms with Gasteiger partial charge in [0.2, 0.25) is 0 Å². The fourth-order valence-electron chi connectivity index (χ4n) is 9.24. The third-order valence-corrected chi connectivity index (χ3v) is 10.3. The number of hydrogen-bond donors (Lipinski definition) is 0. The average molecular weight is 448 g/mol. The van der Waals surface area contributed by atoms with E-state index in [-0.39, 0.29) is 5.41 Å². The van der Waals surface area contributed by atoms with Crippen molar-refractivity contribution in [2.24, 2.45) is 23.7 Å². The summed E-state index contributed by atoms with van der Waals surface area (Å²) in [4.78, 5) is 0. The highest BCUT2D eigenvalue weighted by atomic mass is 35.5. The Morgan fingerprint density at radius 2 is 1.64 bits per heavy atom. The maximum atomic E-state index is 6.75. The van der Waals surface area contributed by atoms with Gasteiger partial charge < -0.3 is 0 Å². The van der Waals surface area contributed by atoms with Crippen molar-refractivity contribution in [2.45, 2.75) is 56.7 Å². The number of rotatable bonds is 1. The van der Waals surface area contributed by atoms with E-state index in [1.807, 2.05) is 0 Å². The minimum Gasteiger partial charge on any atom is -0.119 e. The van der Waals surface area contributed by atoms with Gasteiger partial charge in [-0.25, -0.2) is 0 Å². The fourth-order valence-corrected chi connectivity index (χ4v) is 9.41. The summed E-state index contributed by atoms with van der Waals surface area (Å²) in [5.74, 6) is 5.85. The molecule has 0 aromatic heterocycles. The smallest absolute Gasteiger partial charge is 0.119 e. The van der Waals surface area contributed by atoms with Crippen LogP contribution in [-0.2, 0) is 5.41 Å². The summed E-state index contributed by atoms with van der Waals surface area (Å²) < 4.78 is 0. The maximum absolute atomic E-state index is 6.75. The third-order valence-electron chi connectivity index (χ3n) is 10.1. The zero-order valence-corrected chi connectivity index (χ0v) is 19.9. The first-order valence-electron chi connectivity index (χ1n) is 13.1. The molecule has 1 spiro atoms. The van der Waals surface area contributed by atoms with Gasteiger partial charge in [0.15, 0.2) is 0 Å². The zero-order valence-electron chi connectivity index (χ0n) is 19.1. The number of benzene rings is 3. The number of halogens is 1. The van der Waals surface area contributed by atoms with Crippen molar-refractivity contribution in [1.29, 1.82) is 0 Å². The molecule has 3 aromatic rings. The van der Waals surface area contributed by atoms with Gasteiger partial charge in [-0.2, -0.15) is 0 Å². The van der Waals surface area contributed by atoms with Crippen molar-refractivity contribution in [3.8, 4) is 11.1 Å². The normalized spacial score (nSPS) is 33.2. The fraction of sp³-hybridized carbons (Fsp3) is 0.419. The first kappa shape index (κ1) is 19.3. The lowest BCUT2D eigenvalue weighted by Crippen LogP contribution is -2.55. The molecule has 9 rings (SSSR count). The van der Waals surface area contributed by atoms with Gasteiger partial charge in [-0.1, -0.05) is 60.2 Å². The van der Waals surface area contributed by atoms with Crippen LogP contribution in [0.3, 0.4) is 0 Å². The predicted octanol–water partition coefficient (Wildman–Crippen LogP) is 8.47. The van der Waals surface area contributed by atoms with Gasteiger partial charge >= 0.3 is 0 Å². The van der Waals surface area contributed by atoms with Crippen LogP contribution in [0.5, 0.6) is 0 Å². The molecule has 2 heteroatoms. The van der Waals surface area contributed by atoms with Crippen molar-refractivity contribution in [1.82, 2.24) is 0 Å². The Balaban J connectivity index is 1.53. The lowest BCUT2D eigenvalue weighted by molar-refractivity contribution is -0.0393. The Morgan fingerprint density at radius 1 is 0.848 bits per heavy atom. The van der Waals surface area contributed by atoms with Gasteiger partial charge in [0.1, 0.15) is 7.28 Å². The molecule has 0 nitrogen and oxygen atoms in total. The van der Waals surface area contributed by atoms with Crippen molar-refractivity contribution in [3.63, 3.8) is 0 Å². The Bertz CT molecular complexity index is 1320. The highest BCUT2D eigenvalue weighted by Crippen LogP contribution is 2.71. The van der Waals surface area contributed by atoms with E-state index < -0.39 is 0 Å². The van der Waals surface area contributed by atoms with Crippen LogP contribution in [0.25, 0.3) is 27.5 Å². The molecule has 1 heterocycles. The molecular weight excluding hydrogens is 419 g/mol. The Labute approximate surface area is 202 Å². The summed E-state index contributed by atoms with van der Waals surface area (Å²) in [5, 5.41) is 3.83. The topological polar surface area (TPSA) is 0 Å². The second-order valence-corrected chi connectivity index (χ2v) is 12.0. The Hall–Kier alpha value is -1.99. The second kappa shape index (κ2) is 6.79. The van der Waals surface area contributed by atoms with E-state index in [1.165, 1.54) is 78.7 Å². The van der Waals surface area contributed by atoms with Crippen LogP contribution in [0.1, 0.15) is 61.6 Å². The minimum atomic E-state index is 0.150. The molecule has 0 atom stereocenters. The highest BCUT2D eigenvalue weighted by molar-refractivity contribution is 6.44. The van der Waals surface area contributed by atoms with Gasteiger partial charge in [0.25, 0.3) is 0 Å². The molecule has 5 aliphatic carbocycles. The molecule has 1 aliphatic heterocycles. The van der Waals surface area contributed by atoms with E-state index in [0.717, 1.165) is 28.7 Å². The van der Waals surface area contributed by atoms with Gasteiger partial charge in [0, 0.05) is 10.4 Å². The number of fused-ring (bicyclic) bond motifs is 5. The third kappa shape index (κ3) is 2.45. The molecular formula is C31H29BCl. The first-order chi connectivity index (χ1) is 16.2.